The van der Waals surface area contributed by atoms with Gasteiger partial charge in [-0.25, -0.2) is 4.39 Å². The van der Waals surface area contributed by atoms with Crippen LogP contribution in [-0.2, 0) is 6.54 Å². The molecule has 2 aromatic carbocycles. The first-order valence-corrected chi connectivity index (χ1v) is 10.7. The van der Waals surface area contributed by atoms with Crippen LogP contribution >= 0.6 is 11.8 Å². The van der Waals surface area contributed by atoms with E-state index in [4.69, 9.17) is 0 Å². The van der Waals surface area contributed by atoms with Gasteiger partial charge in [0.15, 0.2) is 0 Å². The number of likely N-dealkylation sites (tertiary alicyclic amines) is 1. The largest absolute Gasteiger partial charge is 0.334 e. The number of rotatable bonds is 6. The van der Waals surface area contributed by atoms with Crippen molar-refractivity contribution >= 4 is 17.7 Å². The average Bonchev–Trinajstić information content (AvgIpc) is 3.01. The zero-order valence-corrected chi connectivity index (χ0v) is 16.3. The summed E-state index contributed by atoms with van der Waals surface area (Å²) < 4.78 is 13.7. The molecule has 0 atom stereocenters. The summed E-state index contributed by atoms with van der Waals surface area (Å²) in [6.07, 6.45) is 2.26. The molecule has 0 radical (unpaired) electrons. The van der Waals surface area contributed by atoms with Crippen molar-refractivity contribution < 1.29 is 9.18 Å². The fourth-order valence-corrected chi connectivity index (χ4v) is 4.96. The van der Waals surface area contributed by atoms with Crippen LogP contribution in [0.1, 0.15) is 28.8 Å². The van der Waals surface area contributed by atoms with Crippen molar-refractivity contribution in [3.05, 3.63) is 65.5 Å². The molecule has 142 valence electrons. The van der Waals surface area contributed by atoms with Crippen molar-refractivity contribution in [1.82, 2.24) is 9.80 Å². The zero-order chi connectivity index (χ0) is 18.6. The molecule has 0 aliphatic carbocycles. The molecule has 5 heteroatoms. The summed E-state index contributed by atoms with van der Waals surface area (Å²) in [6.45, 7) is 4.74. The van der Waals surface area contributed by atoms with E-state index in [9.17, 15) is 9.18 Å². The molecule has 0 saturated carbocycles. The maximum Gasteiger partial charge on any atom is 0.254 e. The summed E-state index contributed by atoms with van der Waals surface area (Å²) in [5.74, 6) is 1.55. The average molecular weight is 385 g/mol. The maximum absolute atomic E-state index is 13.7. The zero-order valence-electron chi connectivity index (χ0n) is 15.4. The summed E-state index contributed by atoms with van der Waals surface area (Å²) in [4.78, 5) is 17.7. The van der Waals surface area contributed by atoms with Gasteiger partial charge in [-0.05, 0) is 55.6 Å². The Bertz CT molecular complexity index is 804. The first kappa shape index (κ1) is 18.5. The number of hydrogen-bond donors (Lipinski definition) is 0. The minimum atomic E-state index is -0.127. The van der Waals surface area contributed by atoms with Gasteiger partial charge >= 0.3 is 0 Å². The molecule has 2 aliphatic rings. The van der Waals surface area contributed by atoms with Crippen LogP contribution in [0.15, 0.2) is 53.4 Å². The van der Waals surface area contributed by atoms with Crippen LogP contribution in [0.3, 0.4) is 0 Å². The van der Waals surface area contributed by atoms with Crippen LogP contribution in [0.5, 0.6) is 0 Å². The Labute approximate surface area is 164 Å². The lowest BCUT2D eigenvalue weighted by Gasteiger charge is -2.33. The second kappa shape index (κ2) is 8.44. The van der Waals surface area contributed by atoms with Gasteiger partial charge in [0.2, 0.25) is 0 Å². The highest BCUT2D eigenvalue weighted by Crippen LogP contribution is 2.27. The number of hydrogen-bond acceptors (Lipinski definition) is 3. The predicted molar refractivity (Wildman–Crippen MR) is 107 cm³/mol. The van der Waals surface area contributed by atoms with Crippen molar-refractivity contribution in [2.75, 3.05) is 31.9 Å². The third-order valence-corrected chi connectivity index (χ3v) is 6.61. The van der Waals surface area contributed by atoms with Crippen molar-refractivity contribution in [2.45, 2.75) is 24.3 Å². The molecule has 3 nitrogen and oxygen atoms in total. The van der Waals surface area contributed by atoms with Crippen LogP contribution in [0.25, 0.3) is 0 Å². The predicted octanol–water partition coefficient (Wildman–Crippen LogP) is 4.29. The molecule has 0 N–H and O–H groups in total. The molecule has 2 aromatic rings. The van der Waals surface area contributed by atoms with Gasteiger partial charge in [-0.1, -0.05) is 30.3 Å². The highest BCUT2D eigenvalue weighted by Gasteiger charge is 2.29. The van der Waals surface area contributed by atoms with E-state index >= 15 is 0 Å². The monoisotopic (exact) mass is 384 g/mol. The van der Waals surface area contributed by atoms with Crippen LogP contribution in [0, 0.1) is 11.7 Å². The van der Waals surface area contributed by atoms with E-state index in [1.165, 1.54) is 6.07 Å². The lowest BCUT2D eigenvalue weighted by atomic mass is 9.96. The molecular weight excluding hydrogens is 359 g/mol. The molecule has 0 unspecified atom stereocenters. The summed E-state index contributed by atoms with van der Waals surface area (Å²) in [5.41, 5.74) is 2.03. The SMILES string of the molecule is O=C1c2ccccc2CN1CC1CCN(CCSc2ccccc2F)CC1. The highest BCUT2D eigenvalue weighted by molar-refractivity contribution is 7.99. The number of nitrogens with zero attached hydrogens (tertiary/aromatic N) is 2. The molecule has 2 heterocycles. The van der Waals surface area contributed by atoms with Gasteiger partial charge in [-0.3, -0.25) is 4.79 Å². The Balaban J connectivity index is 1.20. The van der Waals surface area contributed by atoms with E-state index in [0.717, 1.165) is 67.3 Å². The molecule has 1 saturated heterocycles. The van der Waals surface area contributed by atoms with E-state index in [-0.39, 0.29) is 11.7 Å². The summed E-state index contributed by atoms with van der Waals surface area (Å²) in [6, 6.07) is 14.9. The third-order valence-electron chi connectivity index (χ3n) is 5.58. The molecule has 1 fully saturated rings. The number of halogens is 1. The quantitative estimate of drug-likeness (QED) is 0.695. The normalized spacial score (nSPS) is 18.1. The van der Waals surface area contributed by atoms with Crippen molar-refractivity contribution in [3.63, 3.8) is 0 Å². The minimum absolute atomic E-state index is 0.127. The lowest BCUT2D eigenvalue weighted by molar-refractivity contribution is 0.0716. The number of carbonyl (C=O) groups excluding carboxylic acids is 1. The van der Waals surface area contributed by atoms with Crippen LogP contribution in [0.2, 0.25) is 0 Å². The van der Waals surface area contributed by atoms with E-state index in [1.54, 1.807) is 17.8 Å². The van der Waals surface area contributed by atoms with Gasteiger partial charge in [0.25, 0.3) is 5.91 Å². The molecule has 2 aliphatic heterocycles. The number of carbonyl (C=O) groups is 1. The molecule has 0 bridgehead atoms. The number of piperidine rings is 1. The summed E-state index contributed by atoms with van der Waals surface area (Å²) in [5, 5.41) is 0. The Hall–Kier alpha value is -1.85. The Morgan fingerprint density at radius 2 is 1.78 bits per heavy atom. The fourth-order valence-electron chi connectivity index (χ4n) is 4.01. The number of fused-ring (bicyclic) bond motifs is 1. The molecule has 27 heavy (non-hydrogen) atoms. The first-order chi connectivity index (χ1) is 13.2. The number of thioether (sulfide) groups is 1. The van der Waals surface area contributed by atoms with Gasteiger partial charge in [0, 0.05) is 35.8 Å². The third kappa shape index (κ3) is 4.36. The van der Waals surface area contributed by atoms with E-state index < -0.39 is 0 Å². The maximum atomic E-state index is 13.7. The summed E-state index contributed by atoms with van der Waals surface area (Å²) in [7, 11) is 0. The van der Waals surface area contributed by atoms with Gasteiger partial charge in [0.05, 0.1) is 0 Å². The van der Waals surface area contributed by atoms with Gasteiger partial charge in [0.1, 0.15) is 5.82 Å². The molecule has 4 rings (SSSR count). The smallest absolute Gasteiger partial charge is 0.254 e. The highest BCUT2D eigenvalue weighted by atomic mass is 32.2. The first-order valence-electron chi connectivity index (χ1n) is 9.67. The molecule has 0 aromatic heterocycles. The minimum Gasteiger partial charge on any atom is -0.334 e. The van der Waals surface area contributed by atoms with Crippen molar-refractivity contribution in [2.24, 2.45) is 5.92 Å². The molecular formula is C22H25FN2OS. The fraction of sp³-hybridized carbons (Fsp3) is 0.409. The standard InChI is InChI=1S/C22H25FN2OS/c23-20-7-3-4-8-21(20)27-14-13-24-11-9-17(10-12-24)15-25-16-18-5-1-2-6-19(18)22(25)26/h1-8,17H,9-16H2. The van der Waals surface area contributed by atoms with Gasteiger partial charge in [-0.15, -0.1) is 11.8 Å². The lowest BCUT2D eigenvalue weighted by Crippen LogP contribution is -2.39. The Morgan fingerprint density at radius 1 is 1.04 bits per heavy atom. The molecule has 0 spiro atoms. The van der Waals surface area contributed by atoms with E-state index in [1.807, 2.05) is 35.2 Å². The van der Waals surface area contributed by atoms with Crippen molar-refractivity contribution in [1.29, 1.82) is 0 Å². The Morgan fingerprint density at radius 3 is 2.56 bits per heavy atom. The topological polar surface area (TPSA) is 23.6 Å². The Kier molecular flexibility index (Phi) is 5.79. The van der Waals surface area contributed by atoms with E-state index in [2.05, 4.69) is 11.0 Å². The van der Waals surface area contributed by atoms with Crippen LogP contribution in [0.4, 0.5) is 4.39 Å². The second-order valence-electron chi connectivity index (χ2n) is 7.41. The molecule has 1 amide bonds. The summed E-state index contributed by atoms with van der Waals surface area (Å²) >= 11 is 1.59. The van der Waals surface area contributed by atoms with Gasteiger partial charge < -0.3 is 9.80 Å². The van der Waals surface area contributed by atoms with Crippen LogP contribution in [-0.4, -0.2) is 47.6 Å². The van der Waals surface area contributed by atoms with E-state index in [0.29, 0.717) is 5.92 Å². The second-order valence-corrected chi connectivity index (χ2v) is 8.54. The number of benzene rings is 2. The number of amides is 1. The van der Waals surface area contributed by atoms with Crippen molar-refractivity contribution in [3.8, 4) is 0 Å². The van der Waals surface area contributed by atoms with Crippen LogP contribution < -0.4 is 0 Å². The van der Waals surface area contributed by atoms with Gasteiger partial charge in [-0.2, -0.15) is 0 Å².